The number of allylic oxidation sites excluding steroid dienone is 5. The number of thioether (sulfide) groups is 1. The van der Waals surface area contributed by atoms with Gasteiger partial charge in [0.1, 0.15) is 7.85 Å². The predicted octanol–water partition coefficient (Wildman–Crippen LogP) is 4.12. The van der Waals surface area contributed by atoms with Crippen molar-refractivity contribution in [2.45, 2.75) is 26.1 Å². The average Bonchev–Trinajstić information content (AvgIpc) is 2.38. The lowest BCUT2D eigenvalue weighted by Gasteiger charge is -2.17. The molecule has 2 atom stereocenters. The number of hydrogen-bond acceptors (Lipinski definition) is 1. The molecule has 0 radical (unpaired) electrons. The van der Waals surface area contributed by atoms with E-state index >= 15 is 0 Å². The first kappa shape index (κ1) is 17.5. The average molecular weight is 272 g/mol. The molecule has 4 heteroatoms. The first-order valence-electron chi connectivity index (χ1n) is 6.32. The van der Waals surface area contributed by atoms with Crippen LogP contribution in [0.3, 0.4) is 0 Å². The Morgan fingerprint density at radius 1 is 1.39 bits per heavy atom. The van der Waals surface area contributed by atoms with Gasteiger partial charge in [-0.1, -0.05) is 31.7 Å². The molecule has 0 aliphatic rings. The molecular formula is C14H23BF2S. The van der Waals surface area contributed by atoms with Crippen LogP contribution in [-0.4, -0.2) is 26.9 Å². The minimum absolute atomic E-state index is 0.00199. The largest absolute Gasteiger partial charge is 0.252 e. The van der Waals surface area contributed by atoms with E-state index in [2.05, 4.69) is 6.58 Å². The molecule has 0 fully saturated rings. The molecule has 0 rings (SSSR count). The molecule has 0 aromatic carbocycles. The molecule has 0 spiro atoms. The summed E-state index contributed by atoms with van der Waals surface area (Å²) in [7, 11) is 1.90. The van der Waals surface area contributed by atoms with Gasteiger partial charge in [-0.25, -0.2) is 0 Å². The van der Waals surface area contributed by atoms with Gasteiger partial charge in [-0.3, -0.25) is 8.78 Å². The third-order valence-electron chi connectivity index (χ3n) is 2.98. The van der Waals surface area contributed by atoms with Crippen LogP contribution in [0.15, 0.2) is 35.3 Å². The zero-order chi connectivity index (χ0) is 14.0. The molecule has 1 unspecified atom stereocenters. The number of hydrogen-bond donors (Lipinski definition) is 0. The molecule has 0 heterocycles. The highest BCUT2D eigenvalue weighted by Gasteiger charge is 2.13. The molecular weight excluding hydrogens is 249 g/mol. The van der Waals surface area contributed by atoms with E-state index in [-0.39, 0.29) is 25.1 Å². The van der Waals surface area contributed by atoms with E-state index in [9.17, 15) is 8.78 Å². The van der Waals surface area contributed by atoms with Crippen molar-refractivity contribution < 1.29 is 8.78 Å². The van der Waals surface area contributed by atoms with E-state index in [4.69, 9.17) is 0 Å². The fourth-order valence-corrected chi connectivity index (χ4v) is 2.16. The minimum Gasteiger partial charge on any atom is -0.252 e. The summed E-state index contributed by atoms with van der Waals surface area (Å²) in [6.07, 6.45) is 6.36. The van der Waals surface area contributed by atoms with Gasteiger partial charge in [-0.2, -0.15) is 0 Å². The Bertz CT molecular complexity index is 300. The van der Waals surface area contributed by atoms with Crippen LogP contribution in [0.5, 0.6) is 0 Å². The highest BCUT2D eigenvalue weighted by Crippen LogP contribution is 2.25. The van der Waals surface area contributed by atoms with Gasteiger partial charge in [0.25, 0.3) is 0 Å². The highest BCUT2D eigenvalue weighted by molar-refractivity contribution is 8.03. The zero-order valence-corrected chi connectivity index (χ0v) is 12.4. The lowest BCUT2D eigenvalue weighted by molar-refractivity contribution is 0.432. The quantitative estimate of drug-likeness (QED) is 0.345. The summed E-state index contributed by atoms with van der Waals surface area (Å²) in [5.41, 5.74) is 1.05. The first-order chi connectivity index (χ1) is 8.56. The van der Waals surface area contributed by atoms with Gasteiger partial charge < -0.3 is 0 Å². The summed E-state index contributed by atoms with van der Waals surface area (Å²) >= 11 is 1.65. The van der Waals surface area contributed by atoms with Crippen molar-refractivity contribution in [2.75, 3.05) is 19.1 Å². The Balaban J connectivity index is 4.50. The Morgan fingerprint density at radius 2 is 2.06 bits per heavy atom. The van der Waals surface area contributed by atoms with Gasteiger partial charge in [0.2, 0.25) is 0 Å². The molecule has 0 nitrogen and oxygen atoms in total. The van der Waals surface area contributed by atoms with Crippen molar-refractivity contribution in [1.82, 2.24) is 0 Å². The van der Waals surface area contributed by atoms with Crippen molar-refractivity contribution >= 4 is 19.6 Å². The van der Waals surface area contributed by atoms with Crippen molar-refractivity contribution in [3.63, 3.8) is 0 Å². The topological polar surface area (TPSA) is 0 Å². The van der Waals surface area contributed by atoms with Crippen LogP contribution in [0.25, 0.3) is 0 Å². The summed E-state index contributed by atoms with van der Waals surface area (Å²) in [5, 5.41) is 0. The molecule has 0 bridgehead atoms. The molecule has 0 aliphatic heterocycles. The molecule has 0 N–H and O–H groups in total. The van der Waals surface area contributed by atoms with Crippen LogP contribution in [-0.2, 0) is 0 Å². The second-order valence-electron chi connectivity index (χ2n) is 4.46. The predicted molar refractivity (Wildman–Crippen MR) is 82.5 cm³/mol. The van der Waals surface area contributed by atoms with Gasteiger partial charge >= 0.3 is 0 Å². The first-order valence-corrected chi connectivity index (χ1v) is 7.31. The monoisotopic (exact) mass is 272 g/mol. The van der Waals surface area contributed by atoms with E-state index in [0.29, 0.717) is 6.42 Å². The summed E-state index contributed by atoms with van der Waals surface area (Å²) in [6, 6.07) is 0. The van der Waals surface area contributed by atoms with E-state index in [0.717, 1.165) is 16.2 Å². The van der Waals surface area contributed by atoms with Crippen molar-refractivity contribution in [3.8, 4) is 0 Å². The summed E-state index contributed by atoms with van der Waals surface area (Å²) in [4.78, 5) is 1.14. The van der Waals surface area contributed by atoms with E-state index in [1.807, 2.05) is 33.8 Å². The van der Waals surface area contributed by atoms with E-state index < -0.39 is 0 Å². The number of rotatable bonds is 9. The molecule has 18 heavy (non-hydrogen) atoms. The Kier molecular flexibility index (Phi) is 10.1. The third-order valence-corrected chi connectivity index (χ3v) is 4.06. The maximum absolute atomic E-state index is 12.6. The van der Waals surface area contributed by atoms with Gasteiger partial charge in [0, 0.05) is 5.75 Å². The minimum atomic E-state index is -0.319. The van der Waals surface area contributed by atoms with Gasteiger partial charge in [-0.15, -0.1) is 11.8 Å². The number of alkyl halides is 2. The molecule has 0 aromatic heterocycles. The lowest BCUT2D eigenvalue weighted by Crippen LogP contribution is -2.09. The fourth-order valence-electron chi connectivity index (χ4n) is 1.42. The van der Waals surface area contributed by atoms with E-state index in [1.54, 1.807) is 17.8 Å². The smallest absolute Gasteiger partial charge is 0.109 e. The van der Waals surface area contributed by atoms with Crippen LogP contribution in [0.2, 0.25) is 5.82 Å². The Hall–Kier alpha value is -0.505. The van der Waals surface area contributed by atoms with Gasteiger partial charge in [0.05, 0.1) is 13.3 Å². The fraction of sp³-hybridized carbons (Fsp3) is 0.571. The molecule has 0 aromatic rings. The number of halogens is 2. The van der Waals surface area contributed by atoms with Gasteiger partial charge in [-0.05, 0) is 35.6 Å². The van der Waals surface area contributed by atoms with Crippen molar-refractivity contribution in [3.05, 3.63) is 35.3 Å². The normalized spacial score (nSPS) is 16.4. The maximum atomic E-state index is 12.6. The standard InChI is InChI=1S/C14H23BF2S/c1-4-13(12(3)14(15)10-17)7-6-11(2)18-9-5-8-16/h4,6-7,12,14H,1,5,8-10,15H2,2-3H3/b11-6+,13-7+/t12?,14-/m1/s1. The van der Waals surface area contributed by atoms with Crippen LogP contribution in [0.4, 0.5) is 8.78 Å². The summed E-state index contributed by atoms with van der Waals surface area (Å²) < 4.78 is 24.6. The zero-order valence-electron chi connectivity index (χ0n) is 11.6. The molecule has 0 saturated heterocycles. The van der Waals surface area contributed by atoms with E-state index in [1.165, 1.54) is 0 Å². The molecule has 0 aliphatic carbocycles. The lowest BCUT2D eigenvalue weighted by atomic mass is 9.75. The van der Waals surface area contributed by atoms with Crippen molar-refractivity contribution in [1.29, 1.82) is 0 Å². The molecule has 0 saturated carbocycles. The van der Waals surface area contributed by atoms with Crippen LogP contribution < -0.4 is 0 Å². The maximum Gasteiger partial charge on any atom is 0.109 e. The highest BCUT2D eigenvalue weighted by atomic mass is 32.2. The Labute approximate surface area is 115 Å². The third kappa shape index (κ3) is 7.05. The second kappa shape index (κ2) is 10.4. The summed E-state index contributed by atoms with van der Waals surface area (Å²) in [6.45, 7) is 7.21. The van der Waals surface area contributed by atoms with Crippen LogP contribution >= 0.6 is 11.8 Å². The second-order valence-corrected chi connectivity index (χ2v) is 5.80. The molecule has 102 valence electrons. The summed E-state index contributed by atoms with van der Waals surface area (Å²) in [5.74, 6) is 0.960. The van der Waals surface area contributed by atoms with Gasteiger partial charge in [0.15, 0.2) is 0 Å². The SMILES string of the molecule is B[C@H](CF)C(C)/C(C=C)=C/C=C(\C)SCCCF. The van der Waals surface area contributed by atoms with Crippen LogP contribution in [0, 0.1) is 5.92 Å². The van der Waals surface area contributed by atoms with Crippen molar-refractivity contribution in [2.24, 2.45) is 5.92 Å². The Morgan fingerprint density at radius 3 is 2.56 bits per heavy atom. The molecule has 0 amide bonds. The van der Waals surface area contributed by atoms with Crippen LogP contribution in [0.1, 0.15) is 20.3 Å².